The number of aliphatic hydroxyl groups excluding tert-OH is 1. The predicted octanol–water partition coefficient (Wildman–Crippen LogP) is 2.83. The minimum Gasteiger partial charge on any atom is -0.395 e. The van der Waals surface area contributed by atoms with Crippen LogP contribution in [-0.2, 0) is 10.0 Å². The topological polar surface area (TPSA) is 66.4 Å². The highest BCUT2D eigenvalue weighted by Gasteiger charge is 2.42. The van der Waals surface area contributed by atoms with Crippen LogP contribution >= 0.6 is 23.2 Å². The fraction of sp³-hybridized carbons (Fsp3) is 0.455. The molecule has 2 N–H and O–H groups in total. The van der Waals surface area contributed by atoms with E-state index in [-0.39, 0.29) is 14.9 Å². The van der Waals surface area contributed by atoms with Gasteiger partial charge in [0.2, 0.25) is 10.0 Å². The molecule has 4 nitrogen and oxygen atoms in total. The minimum absolute atomic E-state index is 0.0519. The van der Waals surface area contributed by atoms with Gasteiger partial charge >= 0.3 is 6.18 Å². The summed E-state index contributed by atoms with van der Waals surface area (Å²) >= 11 is 11.3. The van der Waals surface area contributed by atoms with Gasteiger partial charge in [-0.15, -0.1) is 0 Å². The Morgan fingerprint density at radius 2 is 1.86 bits per heavy atom. The van der Waals surface area contributed by atoms with Crippen LogP contribution in [0.15, 0.2) is 23.1 Å². The summed E-state index contributed by atoms with van der Waals surface area (Å²) < 4.78 is 63.6. The van der Waals surface area contributed by atoms with E-state index in [4.69, 9.17) is 28.3 Å². The largest absolute Gasteiger partial charge is 0.395 e. The first kappa shape index (κ1) is 18.5. The molecule has 0 aliphatic carbocycles. The lowest BCUT2D eigenvalue weighted by atomic mass is 10.0. The molecule has 1 aromatic rings. The van der Waals surface area contributed by atoms with Crippen LogP contribution in [0.3, 0.4) is 0 Å². The van der Waals surface area contributed by atoms with Crippen LogP contribution in [0.25, 0.3) is 0 Å². The number of nitrogens with one attached hydrogen (secondary N) is 1. The number of sulfonamides is 1. The van der Waals surface area contributed by atoms with Gasteiger partial charge in [0.25, 0.3) is 0 Å². The summed E-state index contributed by atoms with van der Waals surface area (Å²) in [6, 6.07) is 1.62. The molecule has 21 heavy (non-hydrogen) atoms. The highest BCUT2D eigenvalue weighted by Crippen LogP contribution is 2.30. The van der Waals surface area contributed by atoms with Gasteiger partial charge in [0.05, 0.1) is 33.5 Å². The van der Waals surface area contributed by atoms with Crippen molar-refractivity contribution in [3.63, 3.8) is 0 Å². The summed E-state index contributed by atoms with van der Waals surface area (Å²) in [5, 5.41) is 9.05. The van der Waals surface area contributed by atoms with Crippen LogP contribution in [0.4, 0.5) is 13.2 Å². The van der Waals surface area contributed by atoms with E-state index in [0.29, 0.717) is 0 Å². The van der Waals surface area contributed by atoms with Crippen LogP contribution in [-0.4, -0.2) is 32.3 Å². The maximum absolute atomic E-state index is 12.6. The molecular weight excluding hydrogens is 354 g/mol. The van der Waals surface area contributed by atoms with Crippen molar-refractivity contribution in [3.05, 3.63) is 28.2 Å². The summed E-state index contributed by atoms with van der Waals surface area (Å²) in [6.45, 7) is -0.223. The van der Waals surface area contributed by atoms with Crippen LogP contribution in [0.2, 0.25) is 10.0 Å². The van der Waals surface area contributed by atoms with Crippen molar-refractivity contribution in [1.29, 1.82) is 0 Å². The second-order valence-electron chi connectivity index (χ2n) is 4.32. The molecule has 0 bridgehead atoms. The van der Waals surface area contributed by atoms with Gasteiger partial charge in [-0.3, -0.25) is 0 Å². The van der Waals surface area contributed by atoms with Crippen molar-refractivity contribution >= 4 is 33.2 Å². The molecule has 120 valence electrons. The molecule has 0 saturated heterocycles. The van der Waals surface area contributed by atoms with Crippen molar-refractivity contribution in [1.82, 2.24) is 4.72 Å². The smallest absolute Gasteiger partial charge is 0.393 e. The lowest BCUT2D eigenvalue weighted by Crippen LogP contribution is -2.46. The molecular formula is C11H12Cl2F3NO3S. The lowest BCUT2D eigenvalue weighted by molar-refractivity contribution is -0.178. The van der Waals surface area contributed by atoms with Crippen LogP contribution in [0, 0.1) is 5.92 Å². The van der Waals surface area contributed by atoms with E-state index in [1.807, 2.05) is 4.72 Å². The van der Waals surface area contributed by atoms with Crippen molar-refractivity contribution in [2.45, 2.75) is 24.0 Å². The van der Waals surface area contributed by atoms with E-state index in [9.17, 15) is 21.6 Å². The lowest BCUT2D eigenvalue weighted by Gasteiger charge is -2.25. The predicted molar refractivity (Wildman–Crippen MR) is 72.9 cm³/mol. The fourth-order valence-corrected chi connectivity index (χ4v) is 3.13. The molecule has 1 rings (SSSR count). The molecule has 0 heterocycles. The number of alkyl halides is 3. The third kappa shape index (κ3) is 4.72. The Balaban J connectivity index is 3.05. The van der Waals surface area contributed by atoms with Crippen molar-refractivity contribution in [3.8, 4) is 0 Å². The highest BCUT2D eigenvalue weighted by atomic mass is 35.5. The van der Waals surface area contributed by atoms with Gasteiger partial charge in [-0.25, -0.2) is 13.1 Å². The van der Waals surface area contributed by atoms with Crippen LogP contribution in [0.1, 0.15) is 6.92 Å². The summed E-state index contributed by atoms with van der Waals surface area (Å²) in [6.07, 6.45) is -4.65. The van der Waals surface area contributed by atoms with E-state index in [2.05, 4.69) is 0 Å². The number of hydrogen-bond donors (Lipinski definition) is 2. The second kappa shape index (κ2) is 6.70. The number of halogens is 5. The zero-order chi connectivity index (χ0) is 16.4. The van der Waals surface area contributed by atoms with Gasteiger partial charge in [0.1, 0.15) is 0 Å². The molecule has 2 atom stereocenters. The minimum atomic E-state index is -4.65. The molecule has 0 fully saturated rings. The average Bonchev–Trinajstić information content (AvgIpc) is 2.37. The number of benzene rings is 1. The first-order valence-corrected chi connectivity index (χ1v) is 7.88. The molecule has 0 aliphatic rings. The van der Waals surface area contributed by atoms with E-state index in [1.165, 1.54) is 6.07 Å². The molecule has 0 aromatic heterocycles. The van der Waals surface area contributed by atoms with Gasteiger partial charge in [-0.1, -0.05) is 30.1 Å². The zero-order valence-corrected chi connectivity index (χ0v) is 13.0. The number of aliphatic hydroxyl groups is 1. The standard InChI is InChI=1S/C11H12Cl2F3NO3S/c1-6(11(14,15)16)10(5-18)17-21(19,20)7-2-3-8(12)9(13)4-7/h2-4,6,10,17-18H,5H2,1H3/t6-,10+/m0/s1. The Hall–Kier alpha value is -0.540. The van der Waals surface area contributed by atoms with Gasteiger partial charge in [-0.05, 0) is 18.2 Å². The molecule has 0 amide bonds. The number of hydrogen-bond acceptors (Lipinski definition) is 3. The Labute approximate surface area is 129 Å². The van der Waals surface area contributed by atoms with E-state index >= 15 is 0 Å². The van der Waals surface area contributed by atoms with Gasteiger partial charge in [0, 0.05) is 0 Å². The summed E-state index contributed by atoms with van der Waals surface area (Å²) in [4.78, 5) is -0.343. The van der Waals surface area contributed by atoms with E-state index in [0.717, 1.165) is 19.1 Å². The third-order valence-corrected chi connectivity index (χ3v) is 5.05. The Kier molecular flexibility index (Phi) is 5.91. The first-order valence-electron chi connectivity index (χ1n) is 5.64. The quantitative estimate of drug-likeness (QED) is 0.842. The molecule has 10 heteroatoms. The SMILES string of the molecule is C[C@@H]([C@@H](CO)NS(=O)(=O)c1ccc(Cl)c(Cl)c1)C(F)(F)F. The maximum atomic E-state index is 12.6. The van der Waals surface area contributed by atoms with Crippen molar-refractivity contribution < 1.29 is 26.7 Å². The monoisotopic (exact) mass is 365 g/mol. The molecule has 0 saturated carbocycles. The summed E-state index contributed by atoms with van der Waals surface area (Å²) in [5.74, 6) is -2.06. The normalized spacial score (nSPS) is 15.8. The summed E-state index contributed by atoms with van der Waals surface area (Å²) in [5.41, 5.74) is 0. The average molecular weight is 366 g/mol. The van der Waals surface area contributed by atoms with Crippen molar-refractivity contribution in [2.24, 2.45) is 5.92 Å². The highest BCUT2D eigenvalue weighted by molar-refractivity contribution is 7.89. The molecule has 0 unspecified atom stereocenters. The van der Waals surface area contributed by atoms with E-state index in [1.54, 1.807) is 0 Å². The van der Waals surface area contributed by atoms with Crippen molar-refractivity contribution in [2.75, 3.05) is 6.61 Å². The van der Waals surface area contributed by atoms with Gasteiger partial charge < -0.3 is 5.11 Å². The van der Waals surface area contributed by atoms with Crippen LogP contribution in [0.5, 0.6) is 0 Å². The summed E-state index contributed by atoms with van der Waals surface area (Å²) in [7, 11) is -4.27. The first-order chi connectivity index (χ1) is 9.49. The Bertz CT molecular complexity index is 607. The van der Waals surface area contributed by atoms with Gasteiger partial charge in [0.15, 0.2) is 0 Å². The third-order valence-electron chi connectivity index (χ3n) is 2.82. The number of rotatable bonds is 5. The van der Waals surface area contributed by atoms with Crippen LogP contribution < -0.4 is 4.72 Å². The second-order valence-corrected chi connectivity index (χ2v) is 6.84. The Morgan fingerprint density at radius 1 is 1.29 bits per heavy atom. The molecule has 0 aliphatic heterocycles. The molecule has 1 aromatic carbocycles. The van der Waals surface area contributed by atoms with E-state index < -0.39 is 34.8 Å². The molecule has 0 radical (unpaired) electrons. The van der Waals surface area contributed by atoms with Gasteiger partial charge in [-0.2, -0.15) is 13.2 Å². The molecule has 0 spiro atoms. The fourth-order valence-electron chi connectivity index (χ4n) is 1.44. The maximum Gasteiger partial charge on any atom is 0.393 e. The Morgan fingerprint density at radius 3 is 2.29 bits per heavy atom. The zero-order valence-electron chi connectivity index (χ0n) is 10.7.